The number of hydrogen-bond donors (Lipinski definition) is 1. The first-order valence-corrected chi connectivity index (χ1v) is 7.11. The minimum absolute atomic E-state index is 0.0555. The van der Waals surface area contributed by atoms with E-state index in [0.29, 0.717) is 19.7 Å². The maximum atomic E-state index is 12.4. The lowest BCUT2D eigenvalue weighted by Crippen LogP contribution is -2.55. The molecule has 1 aromatic carbocycles. The number of halogens is 2. The summed E-state index contributed by atoms with van der Waals surface area (Å²) in [5.74, 6) is 0.0452. The molecule has 1 amide bonds. The van der Waals surface area contributed by atoms with Gasteiger partial charge in [0.1, 0.15) is 11.8 Å². The number of morpholine rings is 1. The van der Waals surface area contributed by atoms with Crippen molar-refractivity contribution in [3.8, 4) is 5.75 Å². The summed E-state index contributed by atoms with van der Waals surface area (Å²) >= 11 is 0. The first-order valence-electron chi connectivity index (χ1n) is 7.11. The van der Waals surface area contributed by atoms with Crippen molar-refractivity contribution < 1.29 is 23.0 Å². The molecule has 1 heterocycles. The summed E-state index contributed by atoms with van der Waals surface area (Å²) in [5, 5.41) is 3.15. The smallest absolute Gasteiger partial charge is 0.387 e. The predicted octanol–water partition coefficient (Wildman–Crippen LogP) is 1.62. The van der Waals surface area contributed by atoms with Crippen LogP contribution in [0.1, 0.15) is 12.5 Å². The molecule has 0 unspecified atom stereocenters. The number of carbonyl (C=O) groups excluding carboxylic acids is 1. The zero-order chi connectivity index (χ0) is 16.1. The van der Waals surface area contributed by atoms with Crippen molar-refractivity contribution in [1.82, 2.24) is 10.2 Å². The van der Waals surface area contributed by atoms with E-state index in [9.17, 15) is 13.6 Å². The molecule has 2 atom stereocenters. The minimum Gasteiger partial charge on any atom is -0.435 e. The van der Waals surface area contributed by atoms with Gasteiger partial charge in [-0.3, -0.25) is 4.79 Å². The Bertz CT molecular complexity index is 496. The van der Waals surface area contributed by atoms with E-state index >= 15 is 0 Å². The van der Waals surface area contributed by atoms with E-state index in [2.05, 4.69) is 10.1 Å². The maximum Gasteiger partial charge on any atom is 0.387 e. The molecule has 0 spiro atoms. The normalized spacial score (nSPS) is 21.7. The lowest BCUT2D eigenvalue weighted by atomic mass is 10.1. The summed E-state index contributed by atoms with van der Waals surface area (Å²) in [4.78, 5) is 14.0. The number of carbonyl (C=O) groups is 1. The molecular formula is C15H20F2N2O3. The molecule has 1 aromatic rings. The van der Waals surface area contributed by atoms with E-state index in [-0.39, 0.29) is 23.8 Å². The lowest BCUT2D eigenvalue weighted by Gasteiger charge is -2.32. The van der Waals surface area contributed by atoms with Crippen LogP contribution in [0.5, 0.6) is 5.75 Å². The lowest BCUT2D eigenvalue weighted by molar-refractivity contribution is -0.138. The van der Waals surface area contributed by atoms with Gasteiger partial charge >= 0.3 is 6.61 Å². The highest BCUT2D eigenvalue weighted by atomic mass is 19.3. The third-order valence-corrected chi connectivity index (χ3v) is 3.53. The van der Waals surface area contributed by atoms with Crippen molar-refractivity contribution in [3.63, 3.8) is 0 Å². The Morgan fingerprint density at radius 3 is 2.73 bits per heavy atom. The Kier molecular flexibility index (Phi) is 5.68. The van der Waals surface area contributed by atoms with Crippen LogP contribution in [0.15, 0.2) is 24.3 Å². The first-order chi connectivity index (χ1) is 10.5. The van der Waals surface area contributed by atoms with Gasteiger partial charge in [0.25, 0.3) is 0 Å². The highest BCUT2D eigenvalue weighted by Crippen LogP contribution is 2.16. The fourth-order valence-electron chi connectivity index (χ4n) is 2.38. The molecule has 1 aliphatic rings. The van der Waals surface area contributed by atoms with Crippen molar-refractivity contribution in [2.24, 2.45) is 0 Å². The van der Waals surface area contributed by atoms with Crippen LogP contribution in [0.3, 0.4) is 0 Å². The largest absolute Gasteiger partial charge is 0.435 e. The summed E-state index contributed by atoms with van der Waals surface area (Å²) in [5.41, 5.74) is 0.835. The zero-order valence-electron chi connectivity index (χ0n) is 12.6. The van der Waals surface area contributed by atoms with Gasteiger partial charge in [-0.25, -0.2) is 0 Å². The molecule has 7 heteroatoms. The fourth-order valence-corrected chi connectivity index (χ4v) is 2.38. The summed E-state index contributed by atoms with van der Waals surface area (Å²) in [6, 6.07) is 5.89. The Balaban J connectivity index is 1.93. The molecule has 1 fully saturated rings. The van der Waals surface area contributed by atoms with Crippen LogP contribution in [0, 0.1) is 0 Å². The topological polar surface area (TPSA) is 50.8 Å². The van der Waals surface area contributed by atoms with Crippen LogP contribution in [0.25, 0.3) is 0 Å². The van der Waals surface area contributed by atoms with Gasteiger partial charge in [-0.2, -0.15) is 8.78 Å². The standard InChI is InChI=1S/C15H20F2N2O3/c1-10-13(18-7-8-21-10)14(20)19(2)9-11-3-5-12(6-4-11)22-15(16)17/h3-6,10,13,15,18H,7-9H2,1-2H3/t10-,13+/m1/s1. The molecule has 0 radical (unpaired) electrons. The first kappa shape index (κ1) is 16.6. The number of rotatable bonds is 5. The van der Waals surface area contributed by atoms with Crippen molar-refractivity contribution in [3.05, 3.63) is 29.8 Å². The van der Waals surface area contributed by atoms with Gasteiger partial charge in [0.15, 0.2) is 0 Å². The number of nitrogens with zero attached hydrogens (tertiary/aromatic N) is 1. The molecule has 1 saturated heterocycles. The number of nitrogens with one attached hydrogen (secondary N) is 1. The van der Waals surface area contributed by atoms with Crippen molar-refractivity contribution in [2.45, 2.75) is 32.2 Å². The monoisotopic (exact) mass is 314 g/mol. The van der Waals surface area contributed by atoms with Gasteiger partial charge in [-0.1, -0.05) is 12.1 Å². The molecule has 0 saturated carbocycles. The average Bonchev–Trinajstić information content (AvgIpc) is 2.48. The Labute approximate surface area is 128 Å². The molecule has 1 aliphatic heterocycles. The van der Waals surface area contributed by atoms with Gasteiger partial charge in [-0.15, -0.1) is 0 Å². The van der Waals surface area contributed by atoms with Gasteiger partial charge in [0.2, 0.25) is 5.91 Å². The molecule has 0 aliphatic carbocycles. The molecule has 5 nitrogen and oxygen atoms in total. The number of alkyl halides is 2. The second kappa shape index (κ2) is 7.51. The SMILES string of the molecule is C[C@H]1OCCN[C@@H]1C(=O)N(C)Cc1ccc(OC(F)F)cc1. The van der Waals surface area contributed by atoms with E-state index < -0.39 is 6.61 Å². The van der Waals surface area contributed by atoms with Crippen LogP contribution in [0.4, 0.5) is 8.78 Å². The molecule has 0 bridgehead atoms. The predicted molar refractivity (Wildman–Crippen MR) is 76.8 cm³/mol. The van der Waals surface area contributed by atoms with Crippen molar-refractivity contribution in [1.29, 1.82) is 0 Å². The molecule has 122 valence electrons. The quantitative estimate of drug-likeness (QED) is 0.897. The minimum atomic E-state index is -2.84. The van der Waals surface area contributed by atoms with Crippen LogP contribution >= 0.6 is 0 Å². The van der Waals surface area contributed by atoms with E-state index in [1.807, 2.05) is 6.92 Å². The van der Waals surface area contributed by atoms with Gasteiger partial charge in [0.05, 0.1) is 12.7 Å². The van der Waals surface area contributed by atoms with Gasteiger partial charge in [0, 0.05) is 20.1 Å². The van der Waals surface area contributed by atoms with Crippen molar-refractivity contribution >= 4 is 5.91 Å². The summed E-state index contributed by atoms with van der Waals surface area (Å²) < 4.78 is 33.9. The summed E-state index contributed by atoms with van der Waals surface area (Å²) in [7, 11) is 1.70. The Morgan fingerprint density at radius 2 is 2.14 bits per heavy atom. The van der Waals surface area contributed by atoms with E-state index in [1.54, 1.807) is 24.1 Å². The highest BCUT2D eigenvalue weighted by molar-refractivity contribution is 5.82. The molecule has 1 N–H and O–H groups in total. The number of benzene rings is 1. The number of ether oxygens (including phenoxy) is 2. The van der Waals surface area contributed by atoms with Gasteiger partial charge in [-0.05, 0) is 24.6 Å². The van der Waals surface area contributed by atoms with Crippen molar-refractivity contribution in [2.75, 3.05) is 20.2 Å². The number of amides is 1. The number of hydrogen-bond acceptors (Lipinski definition) is 4. The third kappa shape index (κ3) is 4.38. The fraction of sp³-hybridized carbons (Fsp3) is 0.533. The Hall–Kier alpha value is -1.73. The zero-order valence-corrected chi connectivity index (χ0v) is 12.6. The van der Waals surface area contributed by atoms with Crippen LogP contribution < -0.4 is 10.1 Å². The van der Waals surface area contributed by atoms with E-state index in [1.165, 1.54) is 12.1 Å². The van der Waals surface area contributed by atoms with Crippen LogP contribution in [0.2, 0.25) is 0 Å². The molecule has 2 rings (SSSR count). The third-order valence-electron chi connectivity index (χ3n) is 3.53. The van der Waals surface area contributed by atoms with E-state index in [4.69, 9.17) is 4.74 Å². The Morgan fingerprint density at radius 1 is 1.45 bits per heavy atom. The summed E-state index contributed by atoms with van der Waals surface area (Å²) in [6.45, 7) is 0.653. The van der Waals surface area contributed by atoms with Crippen LogP contribution in [-0.4, -0.2) is 49.8 Å². The van der Waals surface area contributed by atoms with E-state index in [0.717, 1.165) is 5.56 Å². The second-order valence-corrected chi connectivity index (χ2v) is 5.22. The number of likely N-dealkylation sites (N-methyl/N-ethyl adjacent to an activating group) is 1. The highest BCUT2D eigenvalue weighted by Gasteiger charge is 2.30. The molecular weight excluding hydrogens is 294 g/mol. The molecule has 0 aromatic heterocycles. The van der Waals surface area contributed by atoms with Gasteiger partial charge < -0.3 is 19.7 Å². The average molecular weight is 314 g/mol. The summed E-state index contributed by atoms with van der Waals surface area (Å²) in [6.07, 6.45) is -0.175. The molecule has 22 heavy (non-hydrogen) atoms. The van der Waals surface area contributed by atoms with Crippen LogP contribution in [-0.2, 0) is 16.1 Å². The maximum absolute atomic E-state index is 12.4. The second-order valence-electron chi connectivity index (χ2n) is 5.22.